The maximum atomic E-state index is 13.3. The first-order chi connectivity index (χ1) is 16.1. The summed E-state index contributed by atoms with van der Waals surface area (Å²) in [5, 5.41) is 22.7. The Balaban J connectivity index is 2.54. The third kappa shape index (κ3) is 5.86. The second-order valence-corrected chi connectivity index (χ2v) is 10.00. The quantitative estimate of drug-likeness (QED) is 0.406. The van der Waals surface area contributed by atoms with E-state index in [1.54, 1.807) is 0 Å². The Labute approximate surface area is 204 Å². The lowest BCUT2D eigenvalue weighted by Gasteiger charge is -2.25. The summed E-state index contributed by atoms with van der Waals surface area (Å²) in [5.41, 5.74) is -4.21. The van der Waals surface area contributed by atoms with Crippen LogP contribution < -0.4 is 10.6 Å². The Morgan fingerprint density at radius 1 is 1.09 bits per heavy atom. The van der Waals surface area contributed by atoms with Gasteiger partial charge in [-0.1, -0.05) is 11.6 Å². The highest BCUT2D eigenvalue weighted by molar-refractivity contribution is 7.91. The number of anilines is 2. The fourth-order valence-electron chi connectivity index (χ4n) is 2.76. The first-order valence-electron chi connectivity index (χ1n) is 9.90. The summed E-state index contributed by atoms with van der Waals surface area (Å²) in [6.07, 6.45) is -5.29. The molecule has 2 aromatic rings. The molecule has 0 radical (unpaired) electrons. The molecule has 0 saturated heterocycles. The highest BCUT2D eigenvalue weighted by Gasteiger charge is 2.55. The van der Waals surface area contributed by atoms with Crippen LogP contribution in [0.1, 0.15) is 17.3 Å². The van der Waals surface area contributed by atoms with Crippen molar-refractivity contribution in [1.82, 2.24) is 4.90 Å². The molecule has 0 bridgehead atoms. The number of aliphatic hydroxyl groups is 2. The van der Waals surface area contributed by atoms with Crippen LogP contribution in [0.25, 0.3) is 0 Å². The zero-order chi connectivity index (χ0) is 26.8. The molecule has 35 heavy (non-hydrogen) atoms. The minimum atomic E-state index is -5.29. The van der Waals surface area contributed by atoms with Crippen molar-refractivity contribution in [1.29, 1.82) is 0 Å². The van der Waals surface area contributed by atoms with Crippen molar-refractivity contribution in [3.05, 3.63) is 47.0 Å². The normalized spacial score (nSPS) is 13.6. The van der Waals surface area contributed by atoms with Gasteiger partial charge in [0.25, 0.3) is 11.8 Å². The van der Waals surface area contributed by atoms with E-state index in [9.17, 15) is 36.3 Å². The molecule has 0 spiro atoms. The Morgan fingerprint density at radius 3 is 2.14 bits per heavy atom. The number of carbonyl (C=O) groups excluding carboxylic acids is 2. The molecule has 0 heterocycles. The van der Waals surface area contributed by atoms with E-state index >= 15 is 0 Å². The summed E-state index contributed by atoms with van der Waals surface area (Å²) in [6, 6.07) is 6.99. The Morgan fingerprint density at radius 2 is 1.66 bits per heavy atom. The van der Waals surface area contributed by atoms with Crippen LogP contribution in [0.15, 0.2) is 46.2 Å². The molecule has 2 rings (SSSR count). The summed E-state index contributed by atoms with van der Waals surface area (Å²) >= 11 is 6.22. The summed E-state index contributed by atoms with van der Waals surface area (Å²) in [6.45, 7) is -0.378. The predicted molar refractivity (Wildman–Crippen MR) is 122 cm³/mol. The van der Waals surface area contributed by atoms with Gasteiger partial charge in [-0.05, 0) is 43.3 Å². The number of hydrogen-bond donors (Lipinski definition) is 4. The van der Waals surface area contributed by atoms with Gasteiger partial charge in [0.05, 0.1) is 32.8 Å². The molecular weight excluding hydrogens is 515 g/mol. The van der Waals surface area contributed by atoms with Crippen LogP contribution in [-0.4, -0.2) is 74.4 Å². The number of carbonyl (C=O) groups is 2. The van der Waals surface area contributed by atoms with Crippen molar-refractivity contribution in [3.63, 3.8) is 0 Å². The van der Waals surface area contributed by atoms with Gasteiger partial charge < -0.3 is 25.7 Å². The van der Waals surface area contributed by atoms with E-state index in [1.807, 2.05) is 5.32 Å². The number of nitrogens with one attached hydrogen (secondary N) is 2. The van der Waals surface area contributed by atoms with Gasteiger partial charge in [-0.25, -0.2) is 8.42 Å². The average molecular weight is 538 g/mol. The molecule has 1 atom stereocenters. The summed E-state index contributed by atoms with van der Waals surface area (Å²) < 4.78 is 65.5. The van der Waals surface area contributed by atoms with Crippen LogP contribution in [0.5, 0.6) is 0 Å². The van der Waals surface area contributed by atoms with Crippen molar-refractivity contribution in [2.45, 2.75) is 28.5 Å². The maximum Gasteiger partial charge on any atom is 0.426 e. The van der Waals surface area contributed by atoms with Crippen molar-refractivity contribution in [2.75, 3.05) is 37.9 Å². The lowest BCUT2D eigenvalue weighted by atomic mass is 10.1. The van der Waals surface area contributed by atoms with Crippen LogP contribution >= 0.6 is 11.6 Å². The molecule has 2 aromatic carbocycles. The second kappa shape index (κ2) is 10.4. The van der Waals surface area contributed by atoms with E-state index in [2.05, 4.69) is 5.32 Å². The average Bonchev–Trinajstić information content (AvgIpc) is 2.77. The van der Waals surface area contributed by atoms with Crippen LogP contribution in [0, 0.1) is 0 Å². The number of sulfone groups is 1. The minimum absolute atomic E-state index is 0.184. The molecule has 4 N–H and O–H groups in total. The zero-order valence-electron chi connectivity index (χ0n) is 18.8. The summed E-state index contributed by atoms with van der Waals surface area (Å²) in [7, 11) is -1.22. The second-order valence-electron chi connectivity index (χ2n) is 7.70. The van der Waals surface area contributed by atoms with Gasteiger partial charge in [0, 0.05) is 26.2 Å². The predicted octanol–water partition coefficient (Wildman–Crippen LogP) is 2.53. The van der Waals surface area contributed by atoms with Crippen LogP contribution in [-0.2, 0) is 14.6 Å². The first kappa shape index (κ1) is 28.4. The molecule has 192 valence electrons. The van der Waals surface area contributed by atoms with Crippen molar-refractivity contribution < 1.29 is 41.4 Å². The smallest absolute Gasteiger partial charge is 0.395 e. The first-order valence-corrected chi connectivity index (χ1v) is 11.8. The molecule has 2 amide bonds. The number of halogens is 4. The zero-order valence-corrected chi connectivity index (χ0v) is 20.3. The van der Waals surface area contributed by atoms with Crippen molar-refractivity contribution in [3.8, 4) is 0 Å². The Hall–Kier alpha value is -2.87. The topological polar surface area (TPSA) is 136 Å². The lowest BCUT2D eigenvalue weighted by molar-refractivity contribution is -0.242. The number of rotatable bonds is 8. The van der Waals surface area contributed by atoms with E-state index in [-0.39, 0.29) is 35.5 Å². The van der Waals surface area contributed by atoms with Crippen LogP contribution in [0.2, 0.25) is 5.02 Å². The molecule has 1 unspecified atom stereocenters. The van der Waals surface area contributed by atoms with Crippen LogP contribution in [0.4, 0.5) is 24.5 Å². The third-order valence-corrected chi connectivity index (χ3v) is 7.07. The van der Waals surface area contributed by atoms with Crippen molar-refractivity contribution in [2.24, 2.45) is 0 Å². The fraction of sp³-hybridized carbons (Fsp3) is 0.333. The molecule has 0 fully saturated rings. The fourth-order valence-corrected chi connectivity index (χ4v) is 4.53. The number of hydrogen-bond acceptors (Lipinski definition) is 7. The Bertz CT molecular complexity index is 1220. The Kier molecular flexibility index (Phi) is 8.43. The number of benzene rings is 2. The van der Waals surface area contributed by atoms with E-state index in [0.29, 0.717) is 0 Å². The van der Waals surface area contributed by atoms with E-state index in [0.717, 1.165) is 12.1 Å². The van der Waals surface area contributed by atoms with Crippen LogP contribution in [0.3, 0.4) is 0 Å². The number of aliphatic hydroxyl groups excluding tert-OH is 1. The molecule has 0 aromatic heterocycles. The van der Waals surface area contributed by atoms with Gasteiger partial charge >= 0.3 is 6.18 Å². The van der Waals surface area contributed by atoms with Gasteiger partial charge in [-0.2, -0.15) is 13.2 Å². The highest BCUT2D eigenvalue weighted by Crippen LogP contribution is 2.39. The van der Waals surface area contributed by atoms with Gasteiger partial charge in [-0.3, -0.25) is 9.59 Å². The lowest BCUT2D eigenvalue weighted by Crippen LogP contribution is -2.52. The molecular formula is C21H23ClF3N3O6S. The molecule has 14 heteroatoms. The molecule has 0 aliphatic rings. The molecule has 0 aliphatic heterocycles. The molecule has 9 nitrogen and oxygen atoms in total. The standard InChI is InChI=1S/C21H23ClF3N3O6S/c1-20(32,21(23,24)25)19(31)27-14-8-9-15(17(16(14)22)26-10-11-29)35(33,34)13-6-4-12(5-7-13)18(30)28(2)3/h4-9,26,29,32H,10-11H2,1-3H3,(H,27,31). The van der Waals surface area contributed by atoms with Gasteiger partial charge in [0.15, 0.2) is 0 Å². The number of amides is 2. The summed E-state index contributed by atoms with van der Waals surface area (Å²) in [4.78, 5) is 24.8. The van der Waals surface area contributed by atoms with Gasteiger partial charge in [0.1, 0.15) is 0 Å². The van der Waals surface area contributed by atoms with Crippen molar-refractivity contribution >= 4 is 44.6 Å². The van der Waals surface area contributed by atoms with E-state index in [4.69, 9.17) is 16.7 Å². The third-order valence-electron chi connectivity index (χ3n) is 4.87. The maximum absolute atomic E-state index is 13.3. The SMILES string of the molecule is CN(C)C(=O)c1ccc(S(=O)(=O)c2ccc(NC(=O)C(C)(O)C(F)(F)F)c(Cl)c2NCCO)cc1. The summed E-state index contributed by atoms with van der Waals surface area (Å²) in [5.74, 6) is -2.19. The van der Waals surface area contributed by atoms with Gasteiger partial charge in [-0.15, -0.1) is 0 Å². The molecule has 0 saturated carbocycles. The minimum Gasteiger partial charge on any atom is -0.395 e. The highest BCUT2D eigenvalue weighted by atomic mass is 35.5. The number of nitrogens with zero attached hydrogens (tertiary/aromatic N) is 1. The molecule has 0 aliphatic carbocycles. The largest absolute Gasteiger partial charge is 0.426 e. The van der Waals surface area contributed by atoms with Gasteiger partial charge in [0.2, 0.25) is 15.4 Å². The monoisotopic (exact) mass is 537 g/mol. The van der Waals surface area contributed by atoms with E-state index < -0.39 is 49.7 Å². The van der Waals surface area contributed by atoms with E-state index in [1.165, 1.54) is 43.3 Å². The number of alkyl halides is 3.